The summed E-state index contributed by atoms with van der Waals surface area (Å²) in [5, 5.41) is 3.48. The molecule has 4 unspecified atom stereocenters. The third kappa shape index (κ3) is 5.43. The number of halogens is 2. The molecular formula is C28H35FIN4O3-. The Morgan fingerprint density at radius 2 is 2.03 bits per heavy atom. The summed E-state index contributed by atoms with van der Waals surface area (Å²) in [6.07, 6.45) is 12.0. The number of carbonyl (C=O) groups is 1. The van der Waals surface area contributed by atoms with E-state index in [-0.39, 0.29) is 63.1 Å². The third-order valence-electron chi connectivity index (χ3n) is 7.63. The second-order valence-electron chi connectivity index (χ2n) is 9.87. The van der Waals surface area contributed by atoms with Crippen LogP contribution in [0, 0.1) is 24.6 Å². The topological polar surface area (TPSA) is 66.4 Å². The van der Waals surface area contributed by atoms with Crippen molar-refractivity contribution in [2.24, 2.45) is 16.8 Å². The number of aliphatic imine (C=N–C) groups is 1. The van der Waals surface area contributed by atoms with E-state index in [2.05, 4.69) is 17.5 Å². The number of allylic oxidation sites excluding steroid dienone is 1. The van der Waals surface area contributed by atoms with E-state index in [0.29, 0.717) is 18.8 Å². The first-order valence-corrected chi connectivity index (χ1v) is 15.9. The molecular weight excluding hydrogens is 586 g/mol. The normalized spacial score (nSPS) is 28.3. The Labute approximate surface area is 228 Å². The molecule has 1 aliphatic carbocycles. The average Bonchev–Trinajstić information content (AvgIpc) is 2.92. The summed E-state index contributed by atoms with van der Waals surface area (Å²) in [5.41, 5.74) is 1.16. The molecule has 0 saturated carbocycles. The van der Waals surface area contributed by atoms with Crippen molar-refractivity contribution in [3.63, 3.8) is 0 Å². The standard InChI is InChI=1S/C28H35FIN4O3/c1-18-5-4-6-23(29)27(18)33-17-20-16-32-26(31-15-19-7-8-22(36-2)13-25(19)37-3)14-24(20)34(28(33)35)21-9-11-30-12-10-21/h4-8,13-14,16,19-21,24-25,31H,9-12,15,17H2,1-3H3/q-1. The van der Waals surface area contributed by atoms with Crippen LogP contribution in [0.2, 0.25) is 0 Å². The number of amides is 2. The van der Waals surface area contributed by atoms with Crippen LogP contribution in [0.5, 0.6) is 0 Å². The Hall–Kier alpha value is -2.40. The third-order valence-corrected chi connectivity index (χ3v) is 10.4. The number of urea groups is 1. The molecule has 4 aliphatic rings. The molecule has 2 amide bonds. The van der Waals surface area contributed by atoms with Crippen LogP contribution in [0.25, 0.3) is 0 Å². The van der Waals surface area contributed by atoms with E-state index in [1.807, 2.05) is 36.3 Å². The van der Waals surface area contributed by atoms with E-state index in [0.717, 1.165) is 30.0 Å². The first kappa shape index (κ1) is 26.2. The van der Waals surface area contributed by atoms with Gasteiger partial charge in [-0.1, -0.05) is 0 Å². The molecule has 7 nitrogen and oxygen atoms in total. The van der Waals surface area contributed by atoms with Gasteiger partial charge in [-0.25, -0.2) is 0 Å². The number of fused-ring (bicyclic) bond motifs is 1. The number of aryl methyl sites for hydroxylation is 1. The number of carbonyl (C=O) groups excluding carboxylic acids is 1. The average molecular weight is 622 g/mol. The number of hydrogen-bond donors (Lipinski definition) is 1. The SMILES string of the molecule is COC1=CC(OC)C(CNC2=CC3C(C=N2)CN(c2c(C)cccc2F)C(=O)N3C2CC[I-]CC2)C=C1. The number of ether oxygens (including phenoxy) is 2. The summed E-state index contributed by atoms with van der Waals surface area (Å²) in [6.45, 7) is 2.92. The van der Waals surface area contributed by atoms with E-state index in [4.69, 9.17) is 14.5 Å². The van der Waals surface area contributed by atoms with Crippen LogP contribution in [-0.2, 0) is 9.47 Å². The summed E-state index contributed by atoms with van der Waals surface area (Å²) >= 11 is 0.232. The molecule has 2 fully saturated rings. The molecule has 1 aromatic carbocycles. The summed E-state index contributed by atoms with van der Waals surface area (Å²) < 4.78 is 28.4. The van der Waals surface area contributed by atoms with Crippen LogP contribution in [0.1, 0.15) is 18.4 Å². The Bertz CT molecular complexity index is 1110. The van der Waals surface area contributed by atoms with E-state index < -0.39 is 0 Å². The van der Waals surface area contributed by atoms with Crippen LogP contribution in [0.15, 0.2) is 59.1 Å². The zero-order chi connectivity index (χ0) is 25.9. The van der Waals surface area contributed by atoms with Gasteiger partial charge in [-0.2, -0.15) is 0 Å². The second kappa shape index (κ2) is 11.6. The van der Waals surface area contributed by atoms with Crippen molar-refractivity contribution in [3.05, 3.63) is 65.5 Å². The Morgan fingerprint density at radius 3 is 2.76 bits per heavy atom. The molecule has 0 aromatic heterocycles. The number of methoxy groups -OCH3 is 2. The van der Waals surface area contributed by atoms with Crippen molar-refractivity contribution in [2.45, 2.75) is 38.0 Å². The summed E-state index contributed by atoms with van der Waals surface area (Å²) in [4.78, 5) is 22.4. The van der Waals surface area contributed by atoms with Gasteiger partial charge in [0.05, 0.1) is 7.11 Å². The first-order chi connectivity index (χ1) is 18.0. The van der Waals surface area contributed by atoms with Crippen molar-refractivity contribution in [1.29, 1.82) is 0 Å². The van der Waals surface area contributed by atoms with E-state index >= 15 is 0 Å². The number of nitrogens with zero attached hydrogens (tertiary/aromatic N) is 3. The van der Waals surface area contributed by atoms with E-state index in [9.17, 15) is 9.18 Å². The molecule has 4 atom stereocenters. The van der Waals surface area contributed by atoms with Crippen LogP contribution in [0.3, 0.4) is 0 Å². The minimum atomic E-state index is -0.356. The number of benzene rings is 1. The van der Waals surface area contributed by atoms with E-state index in [1.165, 1.54) is 14.9 Å². The van der Waals surface area contributed by atoms with Crippen LogP contribution in [0.4, 0.5) is 14.9 Å². The van der Waals surface area contributed by atoms with Crippen LogP contribution in [-0.4, -0.2) is 71.5 Å². The molecule has 200 valence electrons. The van der Waals surface area contributed by atoms with Crippen molar-refractivity contribution in [2.75, 3.05) is 41.1 Å². The maximum absolute atomic E-state index is 15.0. The Balaban J connectivity index is 1.38. The fourth-order valence-corrected chi connectivity index (χ4v) is 8.48. The first-order valence-electron chi connectivity index (χ1n) is 12.8. The van der Waals surface area contributed by atoms with Crippen molar-refractivity contribution >= 4 is 17.9 Å². The number of hydrogen-bond acceptors (Lipinski definition) is 5. The van der Waals surface area contributed by atoms with Gasteiger partial charge < -0.3 is 4.74 Å². The molecule has 0 spiro atoms. The van der Waals surface area contributed by atoms with Gasteiger partial charge in [0, 0.05) is 7.11 Å². The fraction of sp³-hybridized carbons (Fsp3) is 0.500. The maximum atomic E-state index is 15.0. The van der Waals surface area contributed by atoms with Gasteiger partial charge >= 0.3 is 205 Å². The molecule has 9 heteroatoms. The molecule has 3 aliphatic heterocycles. The molecule has 0 bridgehead atoms. The molecule has 37 heavy (non-hydrogen) atoms. The molecule has 0 radical (unpaired) electrons. The molecule has 2 saturated heterocycles. The Morgan fingerprint density at radius 1 is 1.22 bits per heavy atom. The van der Waals surface area contributed by atoms with Gasteiger partial charge in [0.1, 0.15) is 5.76 Å². The number of nitrogens with one attached hydrogen (secondary N) is 1. The predicted molar refractivity (Wildman–Crippen MR) is 139 cm³/mol. The fourth-order valence-electron chi connectivity index (χ4n) is 5.62. The van der Waals surface area contributed by atoms with Gasteiger partial charge in [-0.3, -0.25) is 0 Å². The molecule has 3 heterocycles. The van der Waals surface area contributed by atoms with Gasteiger partial charge in [0.25, 0.3) is 0 Å². The van der Waals surface area contributed by atoms with Gasteiger partial charge in [-0.05, 0) is 0 Å². The monoisotopic (exact) mass is 621 g/mol. The van der Waals surface area contributed by atoms with Crippen LogP contribution < -0.4 is 31.4 Å². The van der Waals surface area contributed by atoms with E-state index in [1.54, 1.807) is 25.2 Å². The quantitative estimate of drug-likeness (QED) is 0.363. The van der Waals surface area contributed by atoms with Crippen molar-refractivity contribution in [3.8, 4) is 0 Å². The van der Waals surface area contributed by atoms with Gasteiger partial charge in [-0.15, -0.1) is 0 Å². The van der Waals surface area contributed by atoms with Crippen molar-refractivity contribution < 1.29 is 39.9 Å². The zero-order valence-corrected chi connectivity index (χ0v) is 23.7. The summed E-state index contributed by atoms with van der Waals surface area (Å²) in [6, 6.07) is 4.96. The van der Waals surface area contributed by atoms with Crippen LogP contribution >= 0.6 is 0 Å². The summed E-state index contributed by atoms with van der Waals surface area (Å²) in [7, 11) is 3.35. The summed E-state index contributed by atoms with van der Waals surface area (Å²) in [5.74, 6) is 1.33. The second-order valence-corrected chi connectivity index (χ2v) is 13.1. The number of para-hydroxylation sites is 1. The molecule has 1 aromatic rings. The molecule has 5 rings (SSSR count). The number of alkyl halides is 2. The van der Waals surface area contributed by atoms with Gasteiger partial charge in [0.15, 0.2) is 0 Å². The van der Waals surface area contributed by atoms with Crippen molar-refractivity contribution in [1.82, 2.24) is 10.2 Å². The Kier molecular flexibility index (Phi) is 8.18. The van der Waals surface area contributed by atoms with Gasteiger partial charge in [0.2, 0.25) is 0 Å². The predicted octanol–water partition coefficient (Wildman–Crippen LogP) is 0.859. The number of rotatable bonds is 7. The number of anilines is 1. The minimum absolute atomic E-state index is 0.00706. The molecule has 1 N–H and O–H groups in total. The zero-order valence-electron chi connectivity index (χ0n) is 21.6.